The minimum absolute atomic E-state index is 0.0205. The molecule has 2 aromatic carbocycles. The van der Waals surface area contributed by atoms with E-state index < -0.39 is 0 Å². The predicted molar refractivity (Wildman–Crippen MR) is 109 cm³/mol. The van der Waals surface area contributed by atoms with Crippen LogP contribution in [-0.2, 0) is 9.59 Å². The molecule has 0 aliphatic carbocycles. The third-order valence-electron chi connectivity index (χ3n) is 5.07. The van der Waals surface area contributed by atoms with Crippen LogP contribution in [-0.4, -0.2) is 49.4 Å². The number of hydrogen-bond acceptors (Lipinski definition) is 3. The average molecular weight is 383 g/mol. The molecule has 148 valence electrons. The molecule has 1 aliphatic rings. The Kier molecular flexibility index (Phi) is 6.29. The molecule has 5 nitrogen and oxygen atoms in total. The summed E-state index contributed by atoms with van der Waals surface area (Å²) in [4.78, 5) is 30.1. The quantitative estimate of drug-likeness (QED) is 0.796. The van der Waals surface area contributed by atoms with Gasteiger partial charge < -0.3 is 14.7 Å². The van der Waals surface area contributed by atoms with E-state index in [1.807, 2.05) is 42.2 Å². The number of carbonyl (C=O) groups excluding carboxylic acids is 2. The minimum atomic E-state index is -0.238. The third kappa shape index (κ3) is 4.68. The molecule has 0 aromatic heterocycles. The van der Waals surface area contributed by atoms with Crippen molar-refractivity contribution in [1.82, 2.24) is 4.90 Å². The SMILES string of the molecule is CC(=O)N(CCC(=O)N1CCN(c2ccccc2F)CC1)c1cccc(C)c1. The van der Waals surface area contributed by atoms with E-state index in [1.165, 1.54) is 13.0 Å². The summed E-state index contributed by atoms with van der Waals surface area (Å²) >= 11 is 0. The summed E-state index contributed by atoms with van der Waals surface area (Å²) < 4.78 is 13.9. The van der Waals surface area contributed by atoms with Crippen molar-refractivity contribution in [3.05, 3.63) is 59.9 Å². The molecule has 3 rings (SSSR count). The molecule has 0 radical (unpaired) electrons. The zero-order valence-electron chi connectivity index (χ0n) is 16.4. The van der Waals surface area contributed by atoms with Gasteiger partial charge in [0.05, 0.1) is 5.69 Å². The normalized spacial score (nSPS) is 14.1. The molecule has 0 bridgehead atoms. The Balaban J connectivity index is 1.55. The van der Waals surface area contributed by atoms with Crippen molar-refractivity contribution >= 4 is 23.2 Å². The summed E-state index contributed by atoms with van der Waals surface area (Å²) in [7, 11) is 0. The largest absolute Gasteiger partial charge is 0.366 e. The van der Waals surface area contributed by atoms with Crippen molar-refractivity contribution in [3.63, 3.8) is 0 Å². The summed E-state index contributed by atoms with van der Waals surface area (Å²) in [6.45, 7) is 6.14. The number of piperazine rings is 1. The van der Waals surface area contributed by atoms with Gasteiger partial charge in [-0.05, 0) is 36.8 Å². The number of aryl methyl sites for hydroxylation is 1. The van der Waals surface area contributed by atoms with Crippen molar-refractivity contribution in [3.8, 4) is 0 Å². The van der Waals surface area contributed by atoms with Crippen molar-refractivity contribution in [1.29, 1.82) is 0 Å². The lowest BCUT2D eigenvalue weighted by Crippen LogP contribution is -2.49. The third-order valence-corrected chi connectivity index (χ3v) is 5.07. The first-order valence-corrected chi connectivity index (χ1v) is 9.58. The van der Waals surface area contributed by atoms with Gasteiger partial charge in [-0.2, -0.15) is 0 Å². The van der Waals surface area contributed by atoms with Gasteiger partial charge in [-0.15, -0.1) is 0 Å². The number of carbonyl (C=O) groups is 2. The molecule has 0 saturated carbocycles. The molecule has 1 fully saturated rings. The molecule has 0 N–H and O–H groups in total. The maximum absolute atomic E-state index is 13.9. The molecule has 6 heteroatoms. The van der Waals surface area contributed by atoms with Crippen molar-refractivity contribution in [2.75, 3.05) is 42.5 Å². The van der Waals surface area contributed by atoms with Crippen LogP contribution in [0.4, 0.5) is 15.8 Å². The number of amides is 2. The Bertz CT molecular complexity index is 847. The second-order valence-corrected chi connectivity index (χ2v) is 7.08. The van der Waals surface area contributed by atoms with Crippen LogP contribution in [0, 0.1) is 12.7 Å². The Labute approximate surface area is 165 Å². The van der Waals surface area contributed by atoms with Gasteiger partial charge in [0.15, 0.2) is 0 Å². The summed E-state index contributed by atoms with van der Waals surface area (Å²) in [5, 5.41) is 0. The number of hydrogen-bond donors (Lipinski definition) is 0. The van der Waals surface area contributed by atoms with Crippen molar-refractivity contribution < 1.29 is 14.0 Å². The van der Waals surface area contributed by atoms with E-state index in [-0.39, 0.29) is 24.1 Å². The monoisotopic (exact) mass is 383 g/mol. The van der Waals surface area contributed by atoms with Crippen LogP contribution in [0.3, 0.4) is 0 Å². The lowest BCUT2D eigenvalue weighted by molar-refractivity contribution is -0.131. The van der Waals surface area contributed by atoms with E-state index in [4.69, 9.17) is 0 Å². The molecule has 0 unspecified atom stereocenters. The van der Waals surface area contributed by atoms with Crippen LogP contribution >= 0.6 is 0 Å². The Hall–Kier alpha value is -2.89. The highest BCUT2D eigenvalue weighted by atomic mass is 19.1. The van der Waals surface area contributed by atoms with Crippen molar-refractivity contribution in [2.45, 2.75) is 20.3 Å². The lowest BCUT2D eigenvalue weighted by atomic mass is 10.2. The number of rotatable bonds is 5. The van der Waals surface area contributed by atoms with E-state index in [9.17, 15) is 14.0 Å². The van der Waals surface area contributed by atoms with Crippen LogP contribution in [0.15, 0.2) is 48.5 Å². The summed E-state index contributed by atoms with van der Waals surface area (Å²) in [5.41, 5.74) is 2.46. The zero-order chi connectivity index (χ0) is 20.1. The van der Waals surface area contributed by atoms with Crippen LogP contribution in [0.2, 0.25) is 0 Å². The lowest BCUT2D eigenvalue weighted by Gasteiger charge is -2.36. The van der Waals surface area contributed by atoms with Gasteiger partial charge in [-0.1, -0.05) is 24.3 Å². The number of anilines is 2. The topological polar surface area (TPSA) is 43.9 Å². The molecule has 1 saturated heterocycles. The number of benzene rings is 2. The highest BCUT2D eigenvalue weighted by Crippen LogP contribution is 2.21. The van der Waals surface area contributed by atoms with Gasteiger partial charge in [-0.25, -0.2) is 4.39 Å². The Morgan fingerprint density at radius 2 is 1.75 bits per heavy atom. The van der Waals surface area contributed by atoms with Crippen LogP contribution in [0.25, 0.3) is 0 Å². The number of halogens is 1. The van der Waals surface area contributed by atoms with Gasteiger partial charge in [-0.3, -0.25) is 9.59 Å². The predicted octanol–water partition coefficient (Wildman–Crippen LogP) is 3.23. The van der Waals surface area contributed by atoms with Gasteiger partial charge >= 0.3 is 0 Å². The molecule has 28 heavy (non-hydrogen) atoms. The first kappa shape index (κ1) is 19.9. The second kappa shape index (κ2) is 8.87. The zero-order valence-corrected chi connectivity index (χ0v) is 16.4. The summed E-state index contributed by atoms with van der Waals surface area (Å²) in [6.07, 6.45) is 0.271. The Morgan fingerprint density at radius 1 is 1.04 bits per heavy atom. The molecular formula is C22H26FN3O2. The van der Waals surface area contributed by atoms with Crippen LogP contribution in [0.1, 0.15) is 18.9 Å². The van der Waals surface area contributed by atoms with E-state index in [2.05, 4.69) is 0 Å². The first-order valence-electron chi connectivity index (χ1n) is 9.58. The first-order chi connectivity index (χ1) is 13.5. The number of para-hydroxylation sites is 1. The molecular weight excluding hydrogens is 357 g/mol. The second-order valence-electron chi connectivity index (χ2n) is 7.08. The molecule has 1 heterocycles. The van der Waals surface area contributed by atoms with E-state index >= 15 is 0 Å². The maximum atomic E-state index is 13.9. The van der Waals surface area contributed by atoms with E-state index in [1.54, 1.807) is 21.9 Å². The van der Waals surface area contributed by atoms with Crippen LogP contribution < -0.4 is 9.80 Å². The molecule has 2 aromatic rings. The number of nitrogens with zero attached hydrogens (tertiary/aromatic N) is 3. The Morgan fingerprint density at radius 3 is 2.39 bits per heavy atom. The fourth-order valence-electron chi connectivity index (χ4n) is 3.53. The average Bonchev–Trinajstić information content (AvgIpc) is 2.68. The van der Waals surface area contributed by atoms with E-state index in [0.717, 1.165) is 11.3 Å². The van der Waals surface area contributed by atoms with Crippen molar-refractivity contribution in [2.24, 2.45) is 0 Å². The molecule has 0 atom stereocenters. The molecule has 1 aliphatic heterocycles. The van der Waals surface area contributed by atoms with Gasteiger partial charge in [0.1, 0.15) is 5.82 Å². The van der Waals surface area contributed by atoms with Gasteiger partial charge in [0.25, 0.3) is 0 Å². The summed E-state index contributed by atoms with van der Waals surface area (Å²) in [5.74, 6) is -0.299. The molecule has 2 amide bonds. The highest BCUT2D eigenvalue weighted by Gasteiger charge is 2.23. The summed E-state index contributed by atoms with van der Waals surface area (Å²) in [6, 6.07) is 14.4. The molecule has 0 spiro atoms. The highest BCUT2D eigenvalue weighted by molar-refractivity contribution is 5.92. The van der Waals surface area contributed by atoms with Gasteiger partial charge in [0, 0.05) is 51.8 Å². The fourth-order valence-corrected chi connectivity index (χ4v) is 3.53. The minimum Gasteiger partial charge on any atom is -0.366 e. The van der Waals surface area contributed by atoms with Crippen LogP contribution in [0.5, 0.6) is 0 Å². The van der Waals surface area contributed by atoms with Gasteiger partial charge in [0.2, 0.25) is 11.8 Å². The van der Waals surface area contributed by atoms with E-state index in [0.29, 0.717) is 38.4 Å². The smallest absolute Gasteiger partial charge is 0.224 e. The maximum Gasteiger partial charge on any atom is 0.224 e. The fraction of sp³-hybridized carbons (Fsp3) is 0.364. The standard InChI is InChI=1S/C22H26FN3O2/c1-17-6-5-7-19(16-17)26(18(2)27)11-10-22(28)25-14-12-24(13-15-25)21-9-4-3-8-20(21)23/h3-9,16H,10-15H2,1-2H3.